The molecule has 1 aromatic heterocycles. The highest BCUT2D eigenvalue weighted by Gasteiger charge is 2.11. The summed E-state index contributed by atoms with van der Waals surface area (Å²) in [4.78, 5) is 25.5. The quantitative estimate of drug-likeness (QED) is 0.662. The van der Waals surface area contributed by atoms with Gasteiger partial charge in [-0.25, -0.2) is 0 Å². The van der Waals surface area contributed by atoms with E-state index in [0.717, 1.165) is 0 Å². The zero-order valence-electron chi connectivity index (χ0n) is 11.5. The Hall–Kier alpha value is -2.31. The number of aliphatic hydroxyl groups is 1. The van der Waals surface area contributed by atoms with E-state index in [1.54, 1.807) is 12.1 Å². The first-order chi connectivity index (χ1) is 10.5. The number of hydrogen-bond donors (Lipinski definition) is 4. The first kappa shape index (κ1) is 16.1. The average Bonchev–Trinajstić information content (AvgIpc) is 2.48. The number of rotatable bonds is 5. The van der Waals surface area contributed by atoms with Gasteiger partial charge in [0.05, 0.1) is 11.4 Å². The highest BCUT2D eigenvalue weighted by atomic mass is 35.5. The molecule has 1 aromatic carbocycles. The van der Waals surface area contributed by atoms with Gasteiger partial charge in [-0.05, 0) is 23.8 Å². The lowest BCUT2D eigenvalue weighted by Gasteiger charge is -2.12. The second-order valence-electron chi connectivity index (χ2n) is 4.75. The fourth-order valence-electron chi connectivity index (χ4n) is 1.89. The maximum atomic E-state index is 11.8. The minimum atomic E-state index is -0.999. The van der Waals surface area contributed by atoms with E-state index in [0.29, 0.717) is 11.3 Å². The van der Waals surface area contributed by atoms with Gasteiger partial charge in [-0.15, -0.1) is 0 Å². The Labute approximate surface area is 131 Å². The predicted octanol–water partition coefficient (Wildman–Crippen LogP) is 1.13. The lowest BCUT2D eigenvalue weighted by atomic mass is 10.1. The number of carbonyl (C=O) groups excluding carboxylic acids is 1. The summed E-state index contributed by atoms with van der Waals surface area (Å²) >= 11 is 5.76. The number of aromatic amines is 1. The standard InChI is InChI=1S/C15H15ClN2O4/c16-10-6-9(4-5-12(10)19)7-15(22)17-8-13(20)11-2-1-3-14(21)18-11/h1-6,13,19-20H,7-8H2,(H,17,22)(H,18,21). The number of aliphatic hydroxyl groups excluding tert-OH is 1. The summed E-state index contributed by atoms with van der Waals surface area (Å²) in [6.45, 7) is -0.0232. The monoisotopic (exact) mass is 322 g/mol. The van der Waals surface area contributed by atoms with Crippen LogP contribution in [0.5, 0.6) is 5.75 Å². The van der Waals surface area contributed by atoms with E-state index < -0.39 is 6.10 Å². The molecular formula is C15H15ClN2O4. The topological polar surface area (TPSA) is 102 Å². The molecule has 116 valence electrons. The number of halogens is 1. The van der Waals surface area contributed by atoms with E-state index >= 15 is 0 Å². The van der Waals surface area contributed by atoms with Gasteiger partial charge in [-0.2, -0.15) is 0 Å². The Balaban J connectivity index is 1.89. The van der Waals surface area contributed by atoms with Crippen LogP contribution in [-0.4, -0.2) is 27.6 Å². The highest BCUT2D eigenvalue weighted by molar-refractivity contribution is 6.32. The van der Waals surface area contributed by atoms with E-state index in [2.05, 4.69) is 10.3 Å². The summed E-state index contributed by atoms with van der Waals surface area (Å²) < 4.78 is 0. The number of pyridine rings is 1. The van der Waals surface area contributed by atoms with Crippen molar-refractivity contribution in [3.05, 3.63) is 63.0 Å². The number of aromatic nitrogens is 1. The number of carbonyl (C=O) groups is 1. The zero-order valence-corrected chi connectivity index (χ0v) is 12.3. The summed E-state index contributed by atoms with van der Waals surface area (Å²) in [5, 5.41) is 21.9. The Bertz CT molecular complexity index is 729. The molecule has 0 radical (unpaired) electrons. The Morgan fingerprint density at radius 1 is 1.32 bits per heavy atom. The first-order valence-corrected chi connectivity index (χ1v) is 6.95. The third-order valence-corrected chi connectivity index (χ3v) is 3.32. The summed E-state index contributed by atoms with van der Waals surface area (Å²) in [6.07, 6.45) is -0.931. The highest BCUT2D eigenvalue weighted by Crippen LogP contribution is 2.23. The van der Waals surface area contributed by atoms with Crippen molar-refractivity contribution in [2.75, 3.05) is 6.54 Å². The van der Waals surface area contributed by atoms with Gasteiger partial charge >= 0.3 is 0 Å². The number of phenols is 1. The molecule has 2 aromatic rings. The smallest absolute Gasteiger partial charge is 0.248 e. The second kappa shape index (κ2) is 7.11. The molecule has 0 aliphatic heterocycles. The van der Waals surface area contributed by atoms with Crippen LogP contribution >= 0.6 is 11.6 Å². The van der Waals surface area contributed by atoms with Gasteiger partial charge in [-0.3, -0.25) is 9.59 Å². The second-order valence-corrected chi connectivity index (χ2v) is 5.16. The van der Waals surface area contributed by atoms with Crippen molar-refractivity contribution in [2.24, 2.45) is 0 Å². The van der Waals surface area contributed by atoms with Gasteiger partial charge in [0.1, 0.15) is 11.9 Å². The van der Waals surface area contributed by atoms with Gasteiger partial charge in [0, 0.05) is 18.3 Å². The molecule has 7 heteroatoms. The molecule has 22 heavy (non-hydrogen) atoms. The van der Waals surface area contributed by atoms with Gasteiger partial charge in [0.2, 0.25) is 11.5 Å². The molecule has 6 nitrogen and oxygen atoms in total. The molecule has 0 spiro atoms. The predicted molar refractivity (Wildman–Crippen MR) is 81.9 cm³/mol. The van der Waals surface area contributed by atoms with Gasteiger partial charge < -0.3 is 20.5 Å². The molecule has 0 aliphatic carbocycles. The summed E-state index contributed by atoms with van der Waals surface area (Å²) in [5.41, 5.74) is 0.657. The minimum absolute atomic E-state index is 0.0232. The van der Waals surface area contributed by atoms with Crippen molar-refractivity contribution >= 4 is 17.5 Å². The van der Waals surface area contributed by atoms with Crippen molar-refractivity contribution in [3.8, 4) is 5.75 Å². The molecule has 0 saturated heterocycles. The number of H-pyrrole nitrogens is 1. The van der Waals surface area contributed by atoms with Crippen LogP contribution in [0.3, 0.4) is 0 Å². The average molecular weight is 323 g/mol. The number of phenolic OH excluding ortho intramolecular Hbond substituents is 1. The molecule has 1 heterocycles. The molecule has 1 unspecified atom stereocenters. The van der Waals surface area contributed by atoms with Crippen LogP contribution in [0.2, 0.25) is 5.02 Å². The molecule has 1 atom stereocenters. The fourth-order valence-corrected chi connectivity index (χ4v) is 2.09. The van der Waals surface area contributed by atoms with Crippen LogP contribution in [-0.2, 0) is 11.2 Å². The Kier molecular flexibility index (Phi) is 5.19. The number of benzene rings is 1. The van der Waals surface area contributed by atoms with E-state index in [4.69, 9.17) is 11.6 Å². The molecule has 0 fully saturated rings. The number of aromatic hydroxyl groups is 1. The lowest BCUT2D eigenvalue weighted by molar-refractivity contribution is -0.120. The van der Waals surface area contributed by atoms with Crippen LogP contribution in [0.25, 0.3) is 0 Å². The number of hydrogen-bond acceptors (Lipinski definition) is 4. The van der Waals surface area contributed by atoms with E-state index in [-0.39, 0.29) is 35.2 Å². The molecule has 4 N–H and O–H groups in total. The maximum absolute atomic E-state index is 11.8. The van der Waals surface area contributed by atoms with Gasteiger partial charge in [-0.1, -0.05) is 23.7 Å². The third-order valence-electron chi connectivity index (χ3n) is 3.02. The van der Waals surface area contributed by atoms with Gasteiger partial charge in [0.25, 0.3) is 0 Å². The Morgan fingerprint density at radius 3 is 2.77 bits per heavy atom. The first-order valence-electron chi connectivity index (χ1n) is 6.57. The van der Waals surface area contributed by atoms with E-state index in [1.807, 2.05) is 0 Å². The molecule has 1 amide bonds. The molecule has 0 saturated carbocycles. The van der Waals surface area contributed by atoms with Crippen LogP contribution < -0.4 is 10.9 Å². The van der Waals surface area contributed by atoms with E-state index in [9.17, 15) is 19.8 Å². The maximum Gasteiger partial charge on any atom is 0.248 e. The normalized spacial score (nSPS) is 11.9. The van der Waals surface area contributed by atoms with Crippen LogP contribution in [0.1, 0.15) is 17.4 Å². The summed E-state index contributed by atoms with van der Waals surface area (Å²) in [6, 6.07) is 8.93. The van der Waals surface area contributed by atoms with Crippen LogP contribution in [0.15, 0.2) is 41.2 Å². The summed E-state index contributed by atoms with van der Waals surface area (Å²) in [7, 11) is 0. The SMILES string of the molecule is O=C(Cc1ccc(O)c(Cl)c1)NCC(O)c1cccc(=O)[nH]1. The summed E-state index contributed by atoms with van der Waals surface area (Å²) in [5.74, 6) is -0.353. The zero-order chi connectivity index (χ0) is 16.1. The van der Waals surface area contributed by atoms with Crippen molar-refractivity contribution in [2.45, 2.75) is 12.5 Å². The van der Waals surface area contributed by atoms with Crippen LogP contribution in [0.4, 0.5) is 0 Å². The van der Waals surface area contributed by atoms with Crippen molar-refractivity contribution in [1.82, 2.24) is 10.3 Å². The number of nitrogens with one attached hydrogen (secondary N) is 2. The van der Waals surface area contributed by atoms with Crippen LogP contribution in [0, 0.1) is 0 Å². The molecule has 2 rings (SSSR count). The van der Waals surface area contributed by atoms with Crippen molar-refractivity contribution in [1.29, 1.82) is 0 Å². The molecule has 0 bridgehead atoms. The van der Waals surface area contributed by atoms with E-state index in [1.165, 1.54) is 24.3 Å². The molecule has 0 aliphatic rings. The number of amides is 1. The third kappa shape index (κ3) is 4.34. The van der Waals surface area contributed by atoms with Crippen molar-refractivity contribution < 1.29 is 15.0 Å². The minimum Gasteiger partial charge on any atom is -0.506 e. The molecular weight excluding hydrogens is 308 g/mol. The van der Waals surface area contributed by atoms with Gasteiger partial charge in [0.15, 0.2) is 0 Å². The van der Waals surface area contributed by atoms with Crippen molar-refractivity contribution in [3.63, 3.8) is 0 Å². The lowest BCUT2D eigenvalue weighted by Crippen LogP contribution is -2.30. The fraction of sp³-hybridized carbons (Fsp3) is 0.200. The largest absolute Gasteiger partial charge is 0.506 e. The Morgan fingerprint density at radius 2 is 2.09 bits per heavy atom.